The van der Waals surface area contributed by atoms with Gasteiger partial charge in [-0.15, -0.1) is 0 Å². The lowest BCUT2D eigenvalue weighted by Crippen LogP contribution is -2.46. The van der Waals surface area contributed by atoms with Crippen LogP contribution in [-0.2, 0) is 4.84 Å². The minimum atomic E-state index is 0.710. The molecular formula is C11H23NO. The second-order valence-electron chi connectivity index (χ2n) is 3.88. The Morgan fingerprint density at radius 1 is 1.23 bits per heavy atom. The first-order chi connectivity index (χ1) is 6.33. The molecule has 0 aromatic heterocycles. The van der Waals surface area contributed by atoms with E-state index in [9.17, 15) is 0 Å². The molecule has 1 fully saturated rings. The molecular weight excluding hydrogens is 162 g/mol. The zero-order valence-electron chi connectivity index (χ0n) is 9.25. The number of nitrogens with zero attached hydrogens (tertiary/aromatic N) is 1. The van der Waals surface area contributed by atoms with Gasteiger partial charge < -0.3 is 0 Å². The van der Waals surface area contributed by atoms with Gasteiger partial charge in [-0.3, -0.25) is 4.84 Å². The van der Waals surface area contributed by atoms with Crippen LogP contribution in [0.4, 0.5) is 0 Å². The third-order valence-electron chi connectivity index (χ3n) is 3.04. The van der Waals surface area contributed by atoms with E-state index in [2.05, 4.69) is 25.8 Å². The van der Waals surface area contributed by atoms with Crippen molar-refractivity contribution < 1.29 is 4.84 Å². The van der Waals surface area contributed by atoms with Gasteiger partial charge in [0, 0.05) is 12.6 Å². The molecule has 0 amide bonds. The highest BCUT2D eigenvalue weighted by atomic mass is 16.7. The Bertz CT molecular complexity index is 136. The summed E-state index contributed by atoms with van der Waals surface area (Å²) in [4.78, 5) is 5.71. The average Bonchev–Trinajstić information content (AvgIpc) is 2.10. The van der Waals surface area contributed by atoms with Crippen LogP contribution in [0.25, 0.3) is 0 Å². The maximum atomic E-state index is 5.71. The summed E-state index contributed by atoms with van der Waals surface area (Å²) in [6.07, 6.45) is 5.14. The van der Waals surface area contributed by atoms with Gasteiger partial charge in [-0.1, -0.05) is 27.2 Å². The van der Waals surface area contributed by atoms with Crippen molar-refractivity contribution >= 4 is 0 Å². The molecule has 0 aromatic rings. The highest BCUT2D eigenvalue weighted by Crippen LogP contribution is 2.34. The third kappa shape index (κ3) is 2.68. The molecule has 1 saturated carbocycles. The van der Waals surface area contributed by atoms with Gasteiger partial charge in [0.05, 0.1) is 6.61 Å². The number of hydrogen-bond acceptors (Lipinski definition) is 2. The zero-order chi connectivity index (χ0) is 9.68. The van der Waals surface area contributed by atoms with E-state index in [4.69, 9.17) is 4.84 Å². The van der Waals surface area contributed by atoms with Gasteiger partial charge in [0.25, 0.3) is 0 Å². The fraction of sp³-hybridized carbons (Fsp3) is 1.00. The first kappa shape index (κ1) is 11.0. The van der Waals surface area contributed by atoms with Crippen molar-refractivity contribution in [3.05, 3.63) is 0 Å². The molecule has 1 aliphatic rings. The summed E-state index contributed by atoms with van der Waals surface area (Å²) in [6.45, 7) is 8.53. The average molecular weight is 185 g/mol. The van der Waals surface area contributed by atoms with E-state index in [1.165, 1.54) is 19.3 Å². The molecule has 1 aliphatic carbocycles. The van der Waals surface area contributed by atoms with Crippen molar-refractivity contribution in [2.45, 2.75) is 52.5 Å². The van der Waals surface area contributed by atoms with E-state index >= 15 is 0 Å². The standard InChI is InChI=1S/C11H23NO/c1-4-9-13-12(6-3)11-8-7-10(11)5-2/h10-11H,4-9H2,1-3H3. The number of rotatable bonds is 6. The summed E-state index contributed by atoms with van der Waals surface area (Å²) < 4.78 is 0. The molecule has 2 heteroatoms. The summed E-state index contributed by atoms with van der Waals surface area (Å²) >= 11 is 0. The molecule has 1 rings (SSSR count). The SMILES string of the molecule is CCCON(CC)C1CCC1CC. The van der Waals surface area contributed by atoms with E-state index in [0.29, 0.717) is 6.04 Å². The van der Waals surface area contributed by atoms with Gasteiger partial charge in [-0.2, -0.15) is 5.06 Å². The third-order valence-corrected chi connectivity index (χ3v) is 3.04. The van der Waals surface area contributed by atoms with Crippen LogP contribution in [0, 0.1) is 5.92 Å². The van der Waals surface area contributed by atoms with Crippen molar-refractivity contribution in [3.63, 3.8) is 0 Å². The fourth-order valence-corrected chi connectivity index (χ4v) is 2.04. The van der Waals surface area contributed by atoms with Crippen molar-refractivity contribution in [3.8, 4) is 0 Å². The Balaban J connectivity index is 2.28. The summed E-state index contributed by atoms with van der Waals surface area (Å²) in [7, 11) is 0. The number of hydrogen-bond donors (Lipinski definition) is 0. The second kappa shape index (κ2) is 5.61. The fourth-order valence-electron chi connectivity index (χ4n) is 2.04. The smallest absolute Gasteiger partial charge is 0.0682 e. The first-order valence-corrected chi connectivity index (χ1v) is 5.73. The Morgan fingerprint density at radius 3 is 2.38 bits per heavy atom. The van der Waals surface area contributed by atoms with Crippen LogP contribution in [0.5, 0.6) is 0 Å². The highest BCUT2D eigenvalue weighted by Gasteiger charge is 2.34. The largest absolute Gasteiger partial charge is 0.299 e. The molecule has 0 bridgehead atoms. The Morgan fingerprint density at radius 2 is 2.00 bits per heavy atom. The molecule has 0 heterocycles. The maximum Gasteiger partial charge on any atom is 0.0682 e. The molecule has 0 saturated heterocycles. The molecule has 2 unspecified atom stereocenters. The Kier molecular flexibility index (Phi) is 4.74. The predicted molar refractivity (Wildman–Crippen MR) is 55.4 cm³/mol. The maximum absolute atomic E-state index is 5.71. The minimum absolute atomic E-state index is 0.710. The number of hydroxylamine groups is 2. The van der Waals surface area contributed by atoms with Crippen molar-refractivity contribution in [2.75, 3.05) is 13.2 Å². The Hall–Kier alpha value is -0.0800. The van der Waals surface area contributed by atoms with Crippen molar-refractivity contribution in [2.24, 2.45) is 5.92 Å². The molecule has 0 radical (unpaired) electrons. The lowest BCUT2D eigenvalue weighted by molar-refractivity contribution is -0.213. The van der Waals surface area contributed by atoms with Crippen molar-refractivity contribution in [1.82, 2.24) is 5.06 Å². The summed E-state index contributed by atoms with van der Waals surface area (Å²) in [5.74, 6) is 0.886. The topological polar surface area (TPSA) is 12.5 Å². The first-order valence-electron chi connectivity index (χ1n) is 5.73. The molecule has 0 aliphatic heterocycles. The van der Waals surface area contributed by atoms with Crippen LogP contribution in [0.1, 0.15) is 46.5 Å². The highest BCUT2D eigenvalue weighted by molar-refractivity contribution is 4.84. The minimum Gasteiger partial charge on any atom is -0.299 e. The molecule has 0 spiro atoms. The van der Waals surface area contributed by atoms with Crippen molar-refractivity contribution in [1.29, 1.82) is 0 Å². The Labute approximate surface area is 82.2 Å². The molecule has 2 atom stereocenters. The van der Waals surface area contributed by atoms with Gasteiger partial charge in [0.15, 0.2) is 0 Å². The second-order valence-corrected chi connectivity index (χ2v) is 3.88. The summed E-state index contributed by atoms with van der Waals surface area (Å²) in [5.41, 5.74) is 0. The van der Waals surface area contributed by atoms with E-state index in [-0.39, 0.29) is 0 Å². The van der Waals surface area contributed by atoms with Gasteiger partial charge in [-0.25, -0.2) is 0 Å². The molecule has 0 aromatic carbocycles. The molecule has 2 nitrogen and oxygen atoms in total. The lowest BCUT2D eigenvalue weighted by atomic mass is 9.77. The zero-order valence-corrected chi connectivity index (χ0v) is 9.25. The van der Waals surface area contributed by atoms with E-state index < -0.39 is 0 Å². The predicted octanol–water partition coefficient (Wildman–Crippen LogP) is 2.84. The van der Waals surface area contributed by atoms with Gasteiger partial charge in [0.2, 0.25) is 0 Å². The van der Waals surface area contributed by atoms with Crippen LogP contribution in [0.15, 0.2) is 0 Å². The van der Waals surface area contributed by atoms with E-state index in [1.807, 2.05) is 0 Å². The van der Waals surface area contributed by atoms with E-state index in [1.54, 1.807) is 0 Å². The lowest BCUT2D eigenvalue weighted by Gasteiger charge is -2.42. The van der Waals surface area contributed by atoms with Gasteiger partial charge in [0.1, 0.15) is 0 Å². The quantitative estimate of drug-likeness (QED) is 0.590. The van der Waals surface area contributed by atoms with Crippen LogP contribution in [0.3, 0.4) is 0 Å². The summed E-state index contributed by atoms with van der Waals surface area (Å²) in [5, 5.41) is 2.20. The van der Waals surface area contributed by atoms with Crippen LogP contribution < -0.4 is 0 Å². The van der Waals surface area contributed by atoms with Gasteiger partial charge >= 0.3 is 0 Å². The van der Waals surface area contributed by atoms with E-state index in [0.717, 1.165) is 25.5 Å². The van der Waals surface area contributed by atoms with Crippen LogP contribution in [0.2, 0.25) is 0 Å². The van der Waals surface area contributed by atoms with Crippen LogP contribution in [-0.4, -0.2) is 24.3 Å². The van der Waals surface area contributed by atoms with Crippen LogP contribution >= 0.6 is 0 Å². The molecule has 0 N–H and O–H groups in total. The normalized spacial score (nSPS) is 27.7. The molecule has 13 heavy (non-hydrogen) atoms. The van der Waals surface area contributed by atoms with Gasteiger partial charge in [-0.05, 0) is 25.2 Å². The molecule has 78 valence electrons. The monoisotopic (exact) mass is 185 g/mol. The summed E-state index contributed by atoms with van der Waals surface area (Å²) in [6, 6.07) is 0.710.